The number of ether oxygens (including phenoxy) is 2. The Bertz CT molecular complexity index is 924. The molecule has 0 aliphatic carbocycles. The minimum absolute atomic E-state index is 0. The molecule has 0 spiro atoms. The predicted molar refractivity (Wildman–Crippen MR) is 135 cm³/mol. The molecule has 0 bridgehead atoms. The second-order valence-electron chi connectivity index (χ2n) is 6.91. The van der Waals surface area contributed by atoms with Crippen molar-refractivity contribution < 1.29 is 14.3 Å². The molecule has 1 aliphatic heterocycles. The maximum atomic E-state index is 12.2. The highest BCUT2D eigenvalue weighted by Gasteiger charge is 2.13. The van der Waals surface area contributed by atoms with Crippen LogP contribution in [0.1, 0.15) is 24.5 Å². The number of halogens is 2. The molecule has 9 heteroatoms. The van der Waals surface area contributed by atoms with Crippen molar-refractivity contribution in [3.63, 3.8) is 0 Å². The minimum Gasteiger partial charge on any atom is -0.454 e. The third-order valence-corrected chi connectivity index (χ3v) is 4.81. The summed E-state index contributed by atoms with van der Waals surface area (Å²) in [5.74, 6) is 2.12. The van der Waals surface area contributed by atoms with Crippen molar-refractivity contribution in [3.8, 4) is 11.5 Å². The number of amides is 1. The van der Waals surface area contributed by atoms with Crippen molar-refractivity contribution in [1.29, 1.82) is 0 Å². The predicted octanol–water partition coefficient (Wildman–Crippen LogP) is 4.12. The van der Waals surface area contributed by atoms with E-state index in [4.69, 9.17) is 21.1 Å². The molecule has 7 nitrogen and oxygen atoms in total. The van der Waals surface area contributed by atoms with E-state index in [9.17, 15) is 4.79 Å². The van der Waals surface area contributed by atoms with E-state index in [1.165, 1.54) is 0 Å². The SMILES string of the molecule is CCNC(=NCCC(=O)Nc1ccc(C)cc1Cl)NCCc1ccc2c(c1)OCO2.I. The van der Waals surface area contributed by atoms with Crippen molar-refractivity contribution in [2.24, 2.45) is 4.99 Å². The Labute approximate surface area is 205 Å². The lowest BCUT2D eigenvalue weighted by Gasteiger charge is -2.12. The summed E-state index contributed by atoms with van der Waals surface area (Å²) in [7, 11) is 0. The summed E-state index contributed by atoms with van der Waals surface area (Å²) in [6, 6.07) is 11.5. The maximum absolute atomic E-state index is 12.2. The van der Waals surface area contributed by atoms with Crippen LogP contribution < -0.4 is 25.4 Å². The van der Waals surface area contributed by atoms with Gasteiger partial charge in [-0.2, -0.15) is 0 Å². The second-order valence-corrected chi connectivity index (χ2v) is 7.31. The number of nitrogens with one attached hydrogen (secondary N) is 3. The Morgan fingerprint density at radius 1 is 1.13 bits per heavy atom. The molecular formula is C22H28ClIN4O3. The molecule has 1 amide bonds. The van der Waals surface area contributed by atoms with Gasteiger partial charge in [0.15, 0.2) is 17.5 Å². The fraction of sp³-hybridized carbons (Fsp3) is 0.364. The van der Waals surface area contributed by atoms with Crippen LogP contribution in [0.25, 0.3) is 0 Å². The van der Waals surface area contributed by atoms with E-state index in [0.29, 0.717) is 29.8 Å². The van der Waals surface area contributed by atoms with E-state index < -0.39 is 0 Å². The molecule has 2 aromatic rings. The second kappa shape index (κ2) is 12.6. The summed E-state index contributed by atoms with van der Waals surface area (Å²) in [6.07, 6.45) is 1.08. The lowest BCUT2D eigenvalue weighted by Crippen LogP contribution is -2.38. The van der Waals surface area contributed by atoms with Crippen LogP contribution in [0.5, 0.6) is 11.5 Å². The van der Waals surface area contributed by atoms with Crippen LogP contribution in [0.4, 0.5) is 5.69 Å². The summed E-state index contributed by atoms with van der Waals surface area (Å²) in [4.78, 5) is 16.7. The number of aliphatic imine (C=N–C) groups is 1. The normalized spacial score (nSPS) is 12.2. The summed E-state index contributed by atoms with van der Waals surface area (Å²) in [5, 5.41) is 9.84. The number of nitrogens with zero attached hydrogens (tertiary/aromatic N) is 1. The van der Waals surface area contributed by atoms with Gasteiger partial charge in [-0.3, -0.25) is 9.79 Å². The molecule has 0 radical (unpaired) electrons. The molecule has 1 heterocycles. The van der Waals surface area contributed by atoms with Crippen LogP contribution in [-0.4, -0.2) is 38.3 Å². The number of carbonyl (C=O) groups is 1. The smallest absolute Gasteiger partial charge is 0.231 e. The van der Waals surface area contributed by atoms with E-state index >= 15 is 0 Å². The van der Waals surface area contributed by atoms with Gasteiger partial charge in [0.25, 0.3) is 0 Å². The van der Waals surface area contributed by atoms with Crippen LogP contribution in [0.3, 0.4) is 0 Å². The number of hydrogen-bond acceptors (Lipinski definition) is 4. The first kappa shape index (κ1) is 25.1. The van der Waals surface area contributed by atoms with E-state index in [0.717, 1.165) is 35.6 Å². The highest BCUT2D eigenvalue weighted by atomic mass is 127. The third-order valence-electron chi connectivity index (χ3n) is 4.49. The standard InChI is InChI=1S/C22H27ClN4O3.HI/c1-3-24-22(25-10-8-16-5-7-19-20(13-16)30-14-29-19)26-11-9-21(28)27-18-6-4-15(2)12-17(18)23;/h4-7,12-13H,3,8-11,14H2,1-2H3,(H,27,28)(H2,24,25,26);1H. The molecule has 3 rings (SSSR count). The molecule has 1 aliphatic rings. The Morgan fingerprint density at radius 3 is 2.71 bits per heavy atom. The summed E-state index contributed by atoms with van der Waals surface area (Å²) in [6.45, 7) is 6.04. The molecule has 0 atom stereocenters. The van der Waals surface area contributed by atoms with Crippen LogP contribution in [-0.2, 0) is 11.2 Å². The van der Waals surface area contributed by atoms with Crippen molar-refractivity contribution in [2.75, 3.05) is 31.7 Å². The molecule has 0 aromatic heterocycles. The van der Waals surface area contributed by atoms with Crippen LogP contribution in [0, 0.1) is 6.92 Å². The van der Waals surface area contributed by atoms with Crippen molar-refractivity contribution in [2.45, 2.75) is 26.7 Å². The van der Waals surface area contributed by atoms with Gasteiger partial charge in [0.2, 0.25) is 12.7 Å². The first-order chi connectivity index (χ1) is 14.5. The zero-order valence-corrected chi connectivity index (χ0v) is 20.8. The first-order valence-corrected chi connectivity index (χ1v) is 10.4. The van der Waals surface area contributed by atoms with Gasteiger partial charge in [0.1, 0.15) is 0 Å². The number of hydrogen-bond donors (Lipinski definition) is 3. The molecule has 0 unspecified atom stereocenters. The van der Waals surface area contributed by atoms with Crippen molar-refractivity contribution >= 4 is 53.1 Å². The topological polar surface area (TPSA) is 84.0 Å². The van der Waals surface area contributed by atoms with E-state index in [1.54, 1.807) is 6.07 Å². The first-order valence-electron chi connectivity index (χ1n) is 10.0. The van der Waals surface area contributed by atoms with E-state index in [-0.39, 0.29) is 43.1 Å². The highest BCUT2D eigenvalue weighted by molar-refractivity contribution is 14.0. The Balaban J connectivity index is 0.00000341. The van der Waals surface area contributed by atoms with Crippen LogP contribution >= 0.6 is 35.6 Å². The van der Waals surface area contributed by atoms with Gasteiger partial charge >= 0.3 is 0 Å². The van der Waals surface area contributed by atoms with Crippen LogP contribution in [0.2, 0.25) is 5.02 Å². The van der Waals surface area contributed by atoms with E-state index in [1.807, 2.05) is 44.2 Å². The molecule has 0 fully saturated rings. The van der Waals surface area contributed by atoms with Crippen molar-refractivity contribution in [1.82, 2.24) is 10.6 Å². The average Bonchev–Trinajstić information content (AvgIpc) is 3.18. The number of carbonyl (C=O) groups excluding carboxylic acids is 1. The minimum atomic E-state index is -0.124. The van der Waals surface area contributed by atoms with Gasteiger partial charge in [-0.05, 0) is 55.7 Å². The van der Waals surface area contributed by atoms with E-state index in [2.05, 4.69) is 20.9 Å². The maximum Gasteiger partial charge on any atom is 0.231 e. The summed E-state index contributed by atoms with van der Waals surface area (Å²) >= 11 is 6.16. The van der Waals surface area contributed by atoms with Gasteiger partial charge < -0.3 is 25.4 Å². The number of rotatable bonds is 8. The average molecular weight is 559 g/mol. The van der Waals surface area contributed by atoms with Crippen molar-refractivity contribution in [3.05, 3.63) is 52.5 Å². The number of guanidine groups is 1. The molecule has 0 saturated heterocycles. The zero-order chi connectivity index (χ0) is 21.3. The fourth-order valence-corrected chi connectivity index (χ4v) is 3.25. The van der Waals surface area contributed by atoms with Gasteiger partial charge in [0.05, 0.1) is 17.3 Å². The van der Waals surface area contributed by atoms with Gasteiger partial charge in [-0.15, -0.1) is 24.0 Å². The summed E-state index contributed by atoms with van der Waals surface area (Å²) in [5.41, 5.74) is 2.81. The fourth-order valence-electron chi connectivity index (χ4n) is 2.97. The quantitative estimate of drug-likeness (QED) is 0.258. The Hall–Kier alpha value is -2.20. The Kier molecular flexibility index (Phi) is 10.2. The molecular weight excluding hydrogens is 531 g/mol. The lowest BCUT2D eigenvalue weighted by molar-refractivity contribution is -0.116. The van der Waals surface area contributed by atoms with Gasteiger partial charge in [0, 0.05) is 19.5 Å². The highest BCUT2D eigenvalue weighted by Crippen LogP contribution is 2.32. The third kappa shape index (κ3) is 7.77. The number of aryl methyl sites for hydroxylation is 1. The molecule has 3 N–H and O–H groups in total. The van der Waals surface area contributed by atoms with Crippen LogP contribution in [0.15, 0.2) is 41.4 Å². The molecule has 31 heavy (non-hydrogen) atoms. The number of anilines is 1. The number of benzene rings is 2. The zero-order valence-electron chi connectivity index (χ0n) is 17.7. The Morgan fingerprint density at radius 2 is 1.94 bits per heavy atom. The molecule has 0 saturated carbocycles. The van der Waals surface area contributed by atoms with Gasteiger partial charge in [-0.25, -0.2) is 0 Å². The monoisotopic (exact) mass is 558 g/mol. The largest absolute Gasteiger partial charge is 0.454 e. The molecule has 2 aromatic carbocycles. The molecule has 168 valence electrons. The van der Waals surface area contributed by atoms with Gasteiger partial charge in [-0.1, -0.05) is 23.7 Å². The lowest BCUT2D eigenvalue weighted by atomic mass is 10.1. The summed E-state index contributed by atoms with van der Waals surface area (Å²) < 4.78 is 10.7. The number of fused-ring (bicyclic) bond motifs is 1.